The molecule has 3 amide bonds. The van der Waals surface area contributed by atoms with Gasteiger partial charge in [0.15, 0.2) is 11.0 Å². The van der Waals surface area contributed by atoms with Crippen molar-refractivity contribution < 1.29 is 9.59 Å². The van der Waals surface area contributed by atoms with Crippen LogP contribution in [0.1, 0.15) is 20.3 Å². The van der Waals surface area contributed by atoms with Gasteiger partial charge >= 0.3 is 6.03 Å². The standard InChI is InChI=1S/C15H20N6O2S/c1-4-9-21-12(11-5-7-17-8-6-11)19-20-15(21)24-10(2)13(22)18-14(23)16-3/h5-8,10H,4,9H2,1-3H3,(H2,16,18,22,23)/t10-/m0/s1. The monoisotopic (exact) mass is 348 g/mol. The van der Waals surface area contributed by atoms with Crippen LogP contribution < -0.4 is 10.6 Å². The molecule has 0 saturated carbocycles. The molecule has 2 aromatic heterocycles. The van der Waals surface area contributed by atoms with Gasteiger partial charge in [-0.3, -0.25) is 15.1 Å². The van der Waals surface area contributed by atoms with Crippen LogP contribution in [-0.4, -0.2) is 44.0 Å². The number of hydrogen-bond donors (Lipinski definition) is 2. The summed E-state index contributed by atoms with van der Waals surface area (Å²) in [6.07, 6.45) is 4.31. The first-order valence-corrected chi connectivity index (χ1v) is 8.47. The summed E-state index contributed by atoms with van der Waals surface area (Å²) < 4.78 is 1.98. The second-order valence-electron chi connectivity index (χ2n) is 5.02. The van der Waals surface area contributed by atoms with Crippen LogP contribution in [0.4, 0.5) is 4.79 Å². The van der Waals surface area contributed by atoms with Crippen molar-refractivity contribution in [3.63, 3.8) is 0 Å². The molecule has 0 unspecified atom stereocenters. The Bertz CT molecular complexity index is 703. The highest BCUT2D eigenvalue weighted by atomic mass is 32.2. The van der Waals surface area contributed by atoms with Gasteiger partial charge in [-0.1, -0.05) is 18.7 Å². The minimum absolute atomic E-state index is 0.379. The number of nitrogens with one attached hydrogen (secondary N) is 2. The molecule has 0 spiro atoms. The van der Waals surface area contributed by atoms with Crippen LogP contribution in [0, 0.1) is 0 Å². The topological polar surface area (TPSA) is 102 Å². The van der Waals surface area contributed by atoms with Gasteiger partial charge in [-0.2, -0.15) is 0 Å². The third-order valence-electron chi connectivity index (χ3n) is 3.22. The molecule has 0 aliphatic carbocycles. The number of pyridine rings is 1. The quantitative estimate of drug-likeness (QED) is 0.770. The molecule has 8 nitrogen and oxygen atoms in total. The number of thioether (sulfide) groups is 1. The molecule has 128 valence electrons. The average molecular weight is 348 g/mol. The molecule has 2 rings (SSSR count). The fraction of sp³-hybridized carbons (Fsp3) is 0.400. The summed E-state index contributed by atoms with van der Waals surface area (Å²) >= 11 is 1.27. The van der Waals surface area contributed by atoms with Crippen molar-refractivity contribution in [2.24, 2.45) is 0 Å². The van der Waals surface area contributed by atoms with Gasteiger partial charge in [0.1, 0.15) is 0 Å². The second-order valence-corrected chi connectivity index (χ2v) is 6.33. The Morgan fingerprint density at radius 3 is 2.62 bits per heavy atom. The first-order valence-electron chi connectivity index (χ1n) is 7.59. The van der Waals surface area contributed by atoms with E-state index in [0.717, 1.165) is 24.4 Å². The van der Waals surface area contributed by atoms with E-state index < -0.39 is 11.3 Å². The van der Waals surface area contributed by atoms with Gasteiger partial charge in [0, 0.05) is 31.5 Å². The molecule has 9 heteroatoms. The molecule has 2 heterocycles. The highest BCUT2D eigenvalue weighted by molar-refractivity contribution is 8.00. The molecular formula is C15H20N6O2S. The summed E-state index contributed by atoms with van der Waals surface area (Å²) in [5.41, 5.74) is 0.917. The van der Waals surface area contributed by atoms with Crippen molar-refractivity contribution >= 4 is 23.7 Å². The summed E-state index contributed by atoms with van der Waals surface area (Å²) in [5.74, 6) is 0.358. The first kappa shape index (κ1) is 17.9. The van der Waals surface area contributed by atoms with Gasteiger partial charge in [-0.25, -0.2) is 4.79 Å². The molecule has 0 bridgehead atoms. The lowest BCUT2D eigenvalue weighted by molar-refractivity contribution is -0.119. The maximum absolute atomic E-state index is 12.0. The smallest absolute Gasteiger partial charge is 0.321 e. The lowest BCUT2D eigenvalue weighted by Gasteiger charge is -2.12. The molecule has 0 aliphatic heterocycles. The zero-order valence-electron chi connectivity index (χ0n) is 13.8. The highest BCUT2D eigenvalue weighted by Gasteiger charge is 2.21. The Balaban J connectivity index is 2.20. The predicted molar refractivity (Wildman–Crippen MR) is 91.5 cm³/mol. The van der Waals surface area contributed by atoms with Gasteiger partial charge in [-0.05, 0) is 25.5 Å². The van der Waals surface area contributed by atoms with E-state index in [9.17, 15) is 9.59 Å². The molecule has 0 aromatic carbocycles. The number of imide groups is 1. The minimum atomic E-state index is -0.528. The van der Waals surface area contributed by atoms with E-state index in [1.807, 2.05) is 16.7 Å². The number of carbonyl (C=O) groups excluding carboxylic acids is 2. The summed E-state index contributed by atoms with van der Waals surface area (Å²) in [7, 11) is 1.46. The van der Waals surface area contributed by atoms with E-state index in [4.69, 9.17) is 0 Å². The predicted octanol–water partition coefficient (Wildman–Crippen LogP) is 1.69. The Morgan fingerprint density at radius 1 is 1.29 bits per heavy atom. The van der Waals surface area contributed by atoms with Crippen molar-refractivity contribution in [1.82, 2.24) is 30.4 Å². The van der Waals surface area contributed by atoms with Crippen molar-refractivity contribution in [1.29, 1.82) is 0 Å². The summed E-state index contributed by atoms with van der Waals surface area (Å²) in [5, 5.41) is 13.2. The molecule has 0 saturated heterocycles. The van der Waals surface area contributed by atoms with Gasteiger partial charge in [-0.15, -0.1) is 10.2 Å². The minimum Gasteiger partial charge on any atom is -0.341 e. The molecule has 24 heavy (non-hydrogen) atoms. The Kier molecular flexibility index (Phi) is 6.30. The largest absolute Gasteiger partial charge is 0.341 e. The Labute approximate surface area is 144 Å². The Hall–Kier alpha value is -2.42. The summed E-state index contributed by atoms with van der Waals surface area (Å²) in [6.45, 7) is 4.52. The number of amides is 3. The lowest BCUT2D eigenvalue weighted by Crippen LogP contribution is -2.41. The normalized spacial score (nSPS) is 11.8. The van der Waals surface area contributed by atoms with Crippen LogP contribution in [0.15, 0.2) is 29.7 Å². The molecule has 2 N–H and O–H groups in total. The van der Waals surface area contributed by atoms with Crippen molar-refractivity contribution in [2.45, 2.75) is 37.2 Å². The molecule has 0 fully saturated rings. The van der Waals surface area contributed by atoms with Gasteiger partial charge in [0.05, 0.1) is 5.25 Å². The average Bonchev–Trinajstić information content (AvgIpc) is 2.98. The molecule has 2 aromatic rings. The molecule has 1 atom stereocenters. The molecule has 0 radical (unpaired) electrons. The summed E-state index contributed by atoms with van der Waals surface area (Å²) in [6, 6.07) is 3.21. The zero-order chi connectivity index (χ0) is 17.5. The maximum Gasteiger partial charge on any atom is 0.321 e. The molecule has 0 aliphatic rings. The first-order chi connectivity index (χ1) is 11.6. The van der Waals surface area contributed by atoms with Crippen LogP contribution >= 0.6 is 11.8 Å². The number of rotatable bonds is 6. The molecular weight excluding hydrogens is 328 g/mol. The third-order valence-corrected chi connectivity index (χ3v) is 4.30. The zero-order valence-corrected chi connectivity index (χ0v) is 14.6. The number of urea groups is 1. The van der Waals surface area contributed by atoms with Crippen LogP contribution in [-0.2, 0) is 11.3 Å². The number of carbonyl (C=O) groups is 2. The maximum atomic E-state index is 12.0. The highest BCUT2D eigenvalue weighted by Crippen LogP contribution is 2.26. The number of aromatic nitrogens is 4. The van der Waals surface area contributed by atoms with E-state index in [0.29, 0.717) is 5.16 Å². The number of nitrogens with zero attached hydrogens (tertiary/aromatic N) is 4. The van der Waals surface area contributed by atoms with E-state index in [1.165, 1.54) is 18.8 Å². The van der Waals surface area contributed by atoms with Crippen LogP contribution in [0.5, 0.6) is 0 Å². The van der Waals surface area contributed by atoms with E-state index in [2.05, 4.69) is 32.7 Å². The van der Waals surface area contributed by atoms with Crippen LogP contribution in [0.25, 0.3) is 11.4 Å². The third kappa shape index (κ3) is 4.31. The van der Waals surface area contributed by atoms with E-state index in [-0.39, 0.29) is 5.91 Å². The van der Waals surface area contributed by atoms with Gasteiger partial charge < -0.3 is 9.88 Å². The van der Waals surface area contributed by atoms with Crippen LogP contribution in [0.2, 0.25) is 0 Å². The fourth-order valence-corrected chi connectivity index (χ4v) is 2.88. The lowest BCUT2D eigenvalue weighted by atomic mass is 10.2. The van der Waals surface area contributed by atoms with Crippen molar-refractivity contribution in [3.8, 4) is 11.4 Å². The SMILES string of the molecule is CCCn1c(S[C@@H](C)C(=O)NC(=O)NC)nnc1-c1ccncc1. The van der Waals surface area contributed by atoms with Crippen LogP contribution in [0.3, 0.4) is 0 Å². The fourth-order valence-electron chi connectivity index (χ4n) is 2.00. The van der Waals surface area contributed by atoms with Crippen molar-refractivity contribution in [2.75, 3.05) is 7.05 Å². The van der Waals surface area contributed by atoms with Gasteiger partial charge in [0.2, 0.25) is 5.91 Å². The van der Waals surface area contributed by atoms with E-state index in [1.54, 1.807) is 19.3 Å². The van der Waals surface area contributed by atoms with Gasteiger partial charge in [0.25, 0.3) is 0 Å². The summed E-state index contributed by atoms with van der Waals surface area (Å²) in [4.78, 5) is 27.3. The Morgan fingerprint density at radius 2 is 2.00 bits per heavy atom. The van der Waals surface area contributed by atoms with E-state index >= 15 is 0 Å². The number of hydrogen-bond acceptors (Lipinski definition) is 6. The second kappa shape index (κ2) is 8.44. The van der Waals surface area contributed by atoms with Crippen molar-refractivity contribution in [3.05, 3.63) is 24.5 Å².